The summed E-state index contributed by atoms with van der Waals surface area (Å²) in [6.45, 7) is 7.92. The number of anilines is 1. The van der Waals surface area contributed by atoms with Gasteiger partial charge in [0.25, 0.3) is 0 Å². The van der Waals surface area contributed by atoms with Crippen LogP contribution in [0.3, 0.4) is 0 Å². The molecule has 1 aromatic rings. The molecule has 0 unspecified atom stereocenters. The number of hydrogen-bond acceptors (Lipinski definition) is 3. The van der Waals surface area contributed by atoms with E-state index in [-0.39, 0.29) is 36.0 Å². The first-order chi connectivity index (χ1) is 9.45. The third-order valence-corrected chi connectivity index (χ3v) is 3.58. The van der Waals surface area contributed by atoms with Crippen LogP contribution in [0.25, 0.3) is 0 Å². The predicted molar refractivity (Wildman–Crippen MR) is 82.3 cm³/mol. The fraction of sp³-hybridized carbons (Fsp3) is 0.562. The molecule has 0 heterocycles. The third-order valence-electron chi connectivity index (χ3n) is 3.36. The topological polar surface area (TPSA) is 43.4 Å². The average Bonchev–Trinajstić information content (AvgIpc) is 2.33. The van der Waals surface area contributed by atoms with E-state index < -0.39 is 5.97 Å². The molecule has 0 aliphatic heterocycles. The summed E-state index contributed by atoms with van der Waals surface area (Å²) in [7, 11) is 0. The summed E-state index contributed by atoms with van der Waals surface area (Å²) in [5, 5.41) is 11.3. The molecule has 21 heavy (non-hydrogen) atoms. The summed E-state index contributed by atoms with van der Waals surface area (Å²) in [5.74, 6) is -0.981. The maximum absolute atomic E-state index is 10.6. The van der Waals surface area contributed by atoms with Crippen LogP contribution in [-0.2, 0) is 4.79 Å². The minimum atomic E-state index is -0.981. The van der Waals surface area contributed by atoms with Gasteiger partial charge in [0.1, 0.15) is 0 Å². The van der Waals surface area contributed by atoms with Gasteiger partial charge in [0.2, 0.25) is 0 Å². The average molecular weight is 320 g/mol. The van der Waals surface area contributed by atoms with E-state index in [1.807, 2.05) is 26.0 Å². The van der Waals surface area contributed by atoms with Crippen molar-refractivity contribution >= 4 is 23.3 Å². The van der Waals surface area contributed by atoms with Gasteiger partial charge in [-0.2, -0.15) is 0 Å². The van der Waals surface area contributed by atoms with E-state index in [0.29, 0.717) is 6.42 Å². The molecule has 0 radical (unpaired) electrons. The molecule has 0 aliphatic carbocycles. The maximum Gasteiger partial charge on any atom is 1.00 e. The molecule has 5 heteroatoms. The first kappa shape index (κ1) is 20.8. The van der Waals surface area contributed by atoms with E-state index in [9.17, 15) is 9.90 Å². The summed E-state index contributed by atoms with van der Waals surface area (Å²) in [6, 6.07) is 3.92. The molecule has 0 amide bonds. The Kier molecular flexibility index (Phi) is 10.4. The molecule has 0 saturated heterocycles. The van der Waals surface area contributed by atoms with Crippen LogP contribution in [0.2, 0.25) is 5.02 Å². The molecule has 0 bridgehead atoms. The van der Waals surface area contributed by atoms with E-state index in [0.717, 1.165) is 42.1 Å². The molecule has 0 spiro atoms. The predicted octanol–water partition coefficient (Wildman–Crippen LogP) is 0.0974. The van der Waals surface area contributed by atoms with E-state index in [1.165, 1.54) is 5.69 Å². The van der Waals surface area contributed by atoms with Crippen LogP contribution in [0.4, 0.5) is 5.69 Å². The minimum absolute atomic E-state index is 0. The Balaban J connectivity index is 0.00000400. The number of halogens is 1. The maximum atomic E-state index is 10.6. The Bertz CT molecular complexity index is 443. The van der Waals surface area contributed by atoms with Crippen molar-refractivity contribution < 1.29 is 39.5 Å². The monoisotopic (exact) mass is 319 g/mol. The Morgan fingerprint density at radius 2 is 1.71 bits per heavy atom. The van der Waals surface area contributed by atoms with Gasteiger partial charge in [-0.15, -0.1) is 0 Å². The van der Waals surface area contributed by atoms with Gasteiger partial charge in [0.05, 0.1) is 0 Å². The fourth-order valence-electron chi connectivity index (χ4n) is 2.50. The molecule has 0 saturated carbocycles. The second kappa shape index (κ2) is 10.5. The quantitative estimate of drug-likeness (QED) is 0.638. The second-order valence-electron chi connectivity index (χ2n) is 5.20. The number of carbonyl (C=O) groups is 1. The number of aryl methyl sites for hydroxylation is 2. The summed E-state index contributed by atoms with van der Waals surface area (Å²) >= 11 is 6.07. The Morgan fingerprint density at radius 1 is 1.19 bits per heavy atom. The molecule has 112 valence electrons. The number of benzene rings is 1. The minimum Gasteiger partial charge on any atom is -0.550 e. The van der Waals surface area contributed by atoms with Crippen molar-refractivity contribution in [1.82, 2.24) is 0 Å². The van der Waals surface area contributed by atoms with Gasteiger partial charge in [-0.3, -0.25) is 0 Å². The van der Waals surface area contributed by atoms with Gasteiger partial charge in [-0.25, -0.2) is 0 Å². The van der Waals surface area contributed by atoms with Crippen LogP contribution in [0.1, 0.15) is 43.7 Å². The van der Waals surface area contributed by atoms with Gasteiger partial charge in [0.15, 0.2) is 0 Å². The van der Waals surface area contributed by atoms with E-state index in [1.54, 1.807) is 0 Å². The smallest absolute Gasteiger partial charge is 0.550 e. The molecule has 1 rings (SSSR count). The molecular weight excluding hydrogens is 297 g/mol. The van der Waals surface area contributed by atoms with Crippen molar-refractivity contribution in [1.29, 1.82) is 0 Å². The summed E-state index contributed by atoms with van der Waals surface area (Å²) in [5.41, 5.74) is 3.46. The Hall–Kier alpha value is -0.220. The normalized spacial score (nSPS) is 10.1. The molecule has 0 fully saturated rings. The SMILES string of the molecule is CCCCN(CCCC(=O)[O-])c1c(C)cc(Cl)cc1C.[Na+]. The zero-order valence-corrected chi connectivity index (χ0v) is 16.3. The first-order valence-corrected chi connectivity index (χ1v) is 7.55. The molecule has 1 aromatic carbocycles. The van der Waals surface area contributed by atoms with Crippen LogP contribution < -0.4 is 39.6 Å². The van der Waals surface area contributed by atoms with Crippen LogP contribution in [0.5, 0.6) is 0 Å². The molecule has 3 nitrogen and oxygen atoms in total. The van der Waals surface area contributed by atoms with Gasteiger partial charge in [0, 0.05) is 29.8 Å². The van der Waals surface area contributed by atoms with Gasteiger partial charge >= 0.3 is 29.6 Å². The largest absolute Gasteiger partial charge is 1.00 e. The van der Waals surface area contributed by atoms with Crippen molar-refractivity contribution in [2.75, 3.05) is 18.0 Å². The number of carbonyl (C=O) groups excluding carboxylic acids is 1. The molecule has 0 atom stereocenters. The Morgan fingerprint density at radius 3 is 2.19 bits per heavy atom. The zero-order chi connectivity index (χ0) is 15.1. The van der Waals surface area contributed by atoms with Crippen LogP contribution in [-0.4, -0.2) is 19.1 Å². The van der Waals surface area contributed by atoms with Crippen LogP contribution >= 0.6 is 11.6 Å². The van der Waals surface area contributed by atoms with Crippen molar-refractivity contribution in [3.8, 4) is 0 Å². The molecule has 0 N–H and O–H groups in total. The summed E-state index contributed by atoms with van der Waals surface area (Å²) < 4.78 is 0. The standard InChI is InChI=1S/C16H24ClNO2.Na/c1-4-5-8-18(9-6-7-15(19)20)16-12(2)10-14(17)11-13(16)3;/h10-11H,4-9H2,1-3H3,(H,19,20);/q;+1/p-1. The molecule has 0 aliphatic rings. The zero-order valence-electron chi connectivity index (χ0n) is 13.5. The number of carboxylic acid groups (broad SMARTS) is 1. The van der Waals surface area contributed by atoms with E-state index >= 15 is 0 Å². The number of carboxylic acids is 1. The van der Waals surface area contributed by atoms with Crippen molar-refractivity contribution in [3.05, 3.63) is 28.3 Å². The van der Waals surface area contributed by atoms with E-state index in [2.05, 4.69) is 11.8 Å². The van der Waals surface area contributed by atoms with Gasteiger partial charge < -0.3 is 14.8 Å². The third kappa shape index (κ3) is 7.05. The van der Waals surface area contributed by atoms with E-state index in [4.69, 9.17) is 11.6 Å². The molecular formula is C16H23ClNNaO2. The van der Waals surface area contributed by atoms with Crippen LogP contribution in [0, 0.1) is 13.8 Å². The fourth-order valence-corrected chi connectivity index (χ4v) is 2.83. The van der Waals surface area contributed by atoms with Crippen LogP contribution in [0.15, 0.2) is 12.1 Å². The Labute approximate surface area is 155 Å². The second-order valence-corrected chi connectivity index (χ2v) is 5.64. The first-order valence-electron chi connectivity index (χ1n) is 7.17. The number of rotatable bonds is 8. The van der Waals surface area contributed by atoms with Crippen molar-refractivity contribution in [2.45, 2.75) is 46.5 Å². The van der Waals surface area contributed by atoms with Crippen molar-refractivity contribution in [3.63, 3.8) is 0 Å². The molecule has 0 aromatic heterocycles. The number of nitrogens with zero attached hydrogens (tertiary/aromatic N) is 1. The van der Waals surface area contributed by atoms with Gasteiger partial charge in [-0.1, -0.05) is 24.9 Å². The van der Waals surface area contributed by atoms with Crippen molar-refractivity contribution in [2.24, 2.45) is 0 Å². The summed E-state index contributed by atoms with van der Waals surface area (Å²) in [6.07, 6.45) is 2.91. The van der Waals surface area contributed by atoms with Gasteiger partial charge in [-0.05, 0) is 56.4 Å². The number of aliphatic carboxylic acids is 1. The number of unbranched alkanes of at least 4 members (excludes halogenated alkanes) is 1. The number of hydrogen-bond donors (Lipinski definition) is 0. The summed E-state index contributed by atoms with van der Waals surface area (Å²) in [4.78, 5) is 12.8.